The molecule has 0 spiro atoms. The Kier molecular flexibility index (Phi) is 11.2. The van der Waals surface area contributed by atoms with Crippen LogP contribution in [0.15, 0.2) is 22.7 Å². The van der Waals surface area contributed by atoms with Gasteiger partial charge in [0.1, 0.15) is 17.1 Å². The van der Waals surface area contributed by atoms with E-state index in [4.69, 9.17) is 26.9 Å². The maximum atomic E-state index is 13.3. The number of benzene rings is 1. The number of nitrogens with zero attached hydrogens (tertiary/aromatic N) is 3. The lowest BCUT2D eigenvalue weighted by molar-refractivity contribution is -0.161. The van der Waals surface area contributed by atoms with Gasteiger partial charge in [-0.25, -0.2) is 14.6 Å². The van der Waals surface area contributed by atoms with Gasteiger partial charge < -0.3 is 51.3 Å². The Morgan fingerprint density at radius 2 is 1.94 bits per heavy atom. The first-order chi connectivity index (χ1) is 22.9. The van der Waals surface area contributed by atoms with E-state index in [-0.39, 0.29) is 35.2 Å². The molecule has 22 heteroatoms. The number of thioether (sulfide) groups is 2. The quantitative estimate of drug-likeness (QED) is 0.0321. The standard InChI is InChI=1S/C27H29ClN6O12S3/c1-26(2,23(41)42)46-33-15(12-8-47-25(29)31-12)19(38)32-16-21(40)34-9-27(24(43)44,49-22(16)34)48-7-10(45-3)6-30-20(39)17(36)11-4-5-13(35)18(37)14(11)28/h4-5,8,10,16,22,35,37H,6-7,9H2,1-3H3,(H2,29,31)(H,30,39)(H,32,38)(H,41,42)(H,43,44)/b33-15-/t10-,16?,22+,27+/m0/s1. The SMILES string of the molecule is CO[C@@H](CNC(=O)C(=O)c1ccc(O)c(O)c1Cl)CS[C@]1(C(=O)O)CN2C(=O)C(NC(=O)/C(=N\OC(C)(C)C(=O)O)c3csc(N)n3)[C@H]2S1. The molecular formula is C27H29ClN6O12S3. The summed E-state index contributed by atoms with van der Waals surface area (Å²) >= 11 is 8.67. The molecule has 2 aliphatic rings. The molecule has 1 unspecified atom stereocenters. The highest BCUT2D eigenvalue weighted by molar-refractivity contribution is 8.20. The van der Waals surface area contributed by atoms with Crippen LogP contribution in [0.1, 0.15) is 29.9 Å². The van der Waals surface area contributed by atoms with Gasteiger partial charge in [0, 0.05) is 24.8 Å². The Labute approximate surface area is 294 Å². The number of nitrogens with one attached hydrogen (secondary N) is 2. The smallest absolute Gasteiger partial charge is 0.350 e. The number of carbonyl (C=O) groups is 6. The molecule has 2 saturated heterocycles. The van der Waals surface area contributed by atoms with Crippen LogP contribution in [-0.4, -0.2) is 125 Å². The number of carboxylic acid groups (broad SMARTS) is 2. The van der Waals surface area contributed by atoms with Crippen LogP contribution in [0.3, 0.4) is 0 Å². The molecular weight excluding hydrogens is 732 g/mol. The number of hydrogen-bond acceptors (Lipinski definition) is 16. The monoisotopic (exact) mass is 760 g/mol. The number of carboxylic acids is 2. The number of phenols is 2. The van der Waals surface area contributed by atoms with Crippen molar-refractivity contribution in [2.24, 2.45) is 5.16 Å². The van der Waals surface area contributed by atoms with Crippen molar-refractivity contribution in [2.45, 2.75) is 41.0 Å². The lowest BCUT2D eigenvalue weighted by atomic mass is 10.1. The number of aliphatic carboxylic acids is 2. The first kappa shape index (κ1) is 37.5. The number of carbonyl (C=O) groups excluding carboxylic acids is 4. The van der Waals surface area contributed by atoms with Gasteiger partial charge >= 0.3 is 11.9 Å². The zero-order valence-electron chi connectivity index (χ0n) is 25.7. The van der Waals surface area contributed by atoms with Crippen molar-refractivity contribution < 1.29 is 58.8 Å². The minimum Gasteiger partial charge on any atom is -0.504 e. The number of aromatic nitrogens is 1. The Hall–Kier alpha value is -4.31. The van der Waals surface area contributed by atoms with Crippen LogP contribution < -0.4 is 16.4 Å². The van der Waals surface area contributed by atoms with E-state index in [1.807, 2.05) is 0 Å². The van der Waals surface area contributed by atoms with Crippen LogP contribution in [0.25, 0.3) is 0 Å². The fourth-order valence-electron chi connectivity index (χ4n) is 4.26. The fraction of sp³-hybridized carbons (Fsp3) is 0.407. The van der Waals surface area contributed by atoms with E-state index in [2.05, 4.69) is 20.8 Å². The van der Waals surface area contributed by atoms with E-state index in [0.29, 0.717) is 0 Å². The molecule has 4 rings (SSSR count). The molecule has 3 heterocycles. The molecule has 2 aromatic rings. The number of hydrogen-bond donors (Lipinski definition) is 7. The summed E-state index contributed by atoms with van der Waals surface area (Å²) in [5.74, 6) is -7.73. The summed E-state index contributed by atoms with van der Waals surface area (Å²) < 4.78 is 3.75. The summed E-state index contributed by atoms with van der Waals surface area (Å²) in [6.45, 7) is 1.94. The summed E-state index contributed by atoms with van der Waals surface area (Å²) in [7, 11) is 1.31. The van der Waals surface area contributed by atoms with Crippen molar-refractivity contribution in [2.75, 3.05) is 31.7 Å². The number of fused-ring (bicyclic) bond motifs is 1. The van der Waals surface area contributed by atoms with Gasteiger partial charge in [-0.2, -0.15) is 0 Å². The molecule has 8 N–H and O–H groups in total. The predicted octanol–water partition coefficient (Wildman–Crippen LogP) is 0.302. The minimum absolute atomic E-state index is 0.0183. The number of phenolic OH excluding ortho intramolecular Hbond substituents is 2. The van der Waals surface area contributed by atoms with E-state index in [1.165, 1.54) is 31.2 Å². The van der Waals surface area contributed by atoms with Crippen LogP contribution >= 0.6 is 46.5 Å². The molecule has 264 valence electrons. The normalized spacial score (nSPS) is 20.9. The summed E-state index contributed by atoms with van der Waals surface area (Å²) in [6, 6.07) is 0.877. The molecule has 0 aliphatic carbocycles. The molecule has 49 heavy (non-hydrogen) atoms. The van der Waals surface area contributed by atoms with Crippen LogP contribution in [0.4, 0.5) is 5.13 Å². The van der Waals surface area contributed by atoms with Crippen molar-refractivity contribution >= 4 is 92.7 Å². The van der Waals surface area contributed by atoms with Crippen molar-refractivity contribution in [3.63, 3.8) is 0 Å². The molecule has 4 atom stereocenters. The van der Waals surface area contributed by atoms with Gasteiger partial charge in [0.15, 0.2) is 26.4 Å². The second-order valence-electron chi connectivity index (χ2n) is 10.9. The number of oxime groups is 1. The highest BCUT2D eigenvalue weighted by Crippen LogP contribution is 2.52. The van der Waals surface area contributed by atoms with Gasteiger partial charge in [0.2, 0.25) is 11.5 Å². The Morgan fingerprint density at radius 3 is 2.53 bits per heavy atom. The number of nitrogens with two attached hydrogens (primary N) is 1. The number of β-lactam (4-membered cyclic amide) rings is 1. The van der Waals surface area contributed by atoms with Crippen LogP contribution in [0.5, 0.6) is 11.5 Å². The zero-order chi connectivity index (χ0) is 36.4. The number of methoxy groups -OCH3 is 1. The van der Waals surface area contributed by atoms with Crippen molar-refractivity contribution in [3.05, 3.63) is 33.8 Å². The lowest BCUT2D eigenvalue weighted by Gasteiger charge is -2.41. The highest BCUT2D eigenvalue weighted by atomic mass is 35.5. The number of anilines is 1. The Balaban J connectivity index is 1.40. The summed E-state index contributed by atoms with van der Waals surface area (Å²) in [4.78, 5) is 85.7. The predicted molar refractivity (Wildman–Crippen MR) is 177 cm³/mol. The maximum absolute atomic E-state index is 13.3. The van der Waals surface area contributed by atoms with Gasteiger partial charge in [0.05, 0.1) is 23.2 Å². The summed E-state index contributed by atoms with van der Waals surface area (Å²) in [5, 5.41) is 47.5. The summed E-state index contributed by atoms with van der Waals surface area (Å²) in [5.41, 5.74) is 3.01. The molecule has 1 aromatic heterocycles. The number of thiazole rings is 1. The average molecular weight is 761 g/mol. The number of ether oxygens (including phenoxy) is 1. The molecule has 1 aromatic carbocycles. The molecule has 0 bridgehead atoms. The topological polar surface area (TPSA) is 280 Å². The molecule has 3 amide bonds. The number of ketones is 1. The summed E-state index contributed by atoms with van der Waals surface area (Å²) in [6.07, 6.45) is -0.805. The zero-order valence-corrected chi connectivity index (χ0v) is 28.9. The molecule has 2 fully saturated rings. The molecule has 2 aliphatic heterocycles. The largest absolute Gasteiger partial charge is 0.504 e. The van der Waals surface area contributed by atoms with Crippen molar-refractivity contribution in [3.8, 4) is 11.5 Å². The first-order valence-electron chi connectivity index (χ1n) is 13.9. The van der Waals surface area contributed by atoms with Crippen LogP contribution in [0, 0.1) is 0 Å². The fourth-order valence-corrected chi connectivity index (χ4v) is 8.22. The number of amides is 3. The average Bonchev–Trinajstić information content (AvgIpc) is 3.64. The number of rotatable bonds is 15. The van der Waals surface area contributed by atoms with Crippen molar-refractivity contribution in [1.82, 2.24) is 20.5 Å². The van der Waals surface area contributed by atoms with Crippen LogP contribution in [-0.2, 0) is 33.5 Å². The molecule has 18 nitrogen and oxygen atoms in total. The minimum atomic E-state index is -1.82. The second kappa shape index (κ2) is 14.7. The van der Waals surface area contributed by atoms with E-state index >= 15 is 0 Å². The van der Waals surface area contributed by atoms with E-state index in [1.54, 1.807) is 0 Å². The number of nitrogen functional groups attached to an aromatic ring is 1. The van der Waals surface area contributed by atoms with Crippen LogP contribution in [0.2, 0.25) is 5.02 Å². The Morgan fingerprint density at radius 1 is 1.24 bits per heavy atom. The number of Topliss-reactive ketones (excluding diaryl/α,β-unsaturated/α-hetero) is 1. The van der Waals surface area contributed by atoms with Gasteiger partial charge in [-0.3, -0.25) is 19.2 Å². The molecule has 0 radical (unpaired) electrons. The molecule has 0 saturated carbocycles. The number of aromatic hydroxyl groups is 2. The van der Waals surface area contributed by atoms with E-state index in [0.717, 1.165) is 47.0 Å². The second-order valence-corrected chi connectivity index (χ2v) is 15.2. The van der Waals surface area contributed by atoms with Gasteiger partial charge in [-0.15, -0.1) is 34.9 Å². The third-order valence-corrected chi connectivity index (χ3v) is 11.6. The third-order valence-electron chi connectivity index (χ3n) is 7.18. The lowest BCUT2D eigenvalue weighted by Crippen LogP contribution is -2.68. The van der Waals surface area contributed by atoms with Gasteiger partial charge in [-0.05, 0) is 26.0 Å². The van der Waals surface area contributed by atoms with E-state index in [9.17, 15) is 49.2 Å². The third kappa shape index (κ3) is 7.80. The first-order valence-corrected chi connectivity index (χ1v) is 17.0. The number of halogens is 1. The highest BCUT2D eigenvalue weighted by Gasteiger charge is 2.63. The van der Waals surface area contributed by atoms with Gasteiger partial charge in [0.25, 0.3) is 17.6 Å². The van der Waals surface area contributed by atoms with Crippen molar-refractivity contribution in [1.29, 1.82) is 0 Å². The Bertz CT molecular complexity index is 1740. The van der Waals surface area contributed by atoms with Gasteiger partial charge in [-0.1, -0.05) is 16.8 Å². The maximum Gasteiger partial charge on any atom is 0.350 e. The van der Waals surface area contributed by atoms with E-state index < -0.39 is 84.9 Å².